The van der Waals surface area contributed by atoms with Crippen LogP contribution in [0.4, 0.5) is 11.4 Å². The number of benzene rings is 1. The van der Waals surface area contributed by atoms with Crippen molar-refractivity contribution in [2.75, 3.05) is 6.54 Å². The van der Waals surface area contributed by atoms with Gasteiger partial charge in [-0.05, 0) is 24.7 Å². The summed E-state index contributed by atoms with van der Waals surface area (Å²) in [5.74, 6) is 0. The van der Waals surface area contributed by atoms with Crippen LogP contribution in [-0.4, -0.2) is 21.6 Å². The molecule has 17 heavy (non-hydrogen) atoms. The minimum absolute atomic E-state index is 0.266. The van der Waals surface area contributed by atoms with Gasteiger partial charge in [0.05, 0.1) is 27.6 Å². The summed E-state index contributed by atoms with van der Waals surface area (Å²) in [4.78, 5) is 23.5. The Bertz CT molecular complexity index is 511. The lowest BCUT2D eigenvalue weighted by molar-refractivity contribution is -0.394. The van der Waals surface area contributed by atoms with E-state index in [1.807, 2.05) is 0 Å². The highest BCUT2D eigenvalue weighted by Crippen LogP contribution is 2.24. The first kappa shape index (κ1) is 12.9. The van der Waals surface area contributed by atoms with Crippen LogP contribution in [0.2, 0.25) is 0 Å². The van der Waals surface area contributed by atoms with Gasteiger partial charge < -0.3 is 0 Å². The van der Waals surface area contributed by atoms with Gasteiger partial charge in [0.25, 0.3) is 11.4 Å². The van der Waals surface area contributed by atoms with Gasteiger partial charge >= 0.3 is 0 Å². The molecule has 1 aromatic carbocycles. The van der Waals surface area contributed by atoms with Crippen molar-refractivity contribution in [2.45, 2.75) is 6.42 Å². The molecule has 0 bridgehead atoms. The average molecular weight is 253 g/mol. The van der Waals surface area contributed by atoms with Gasteiger partial charge in [-0.1, -0.05) is 0 Å². The third kappa shape index (κ3) is 3.40. The molecular formula is C9H7N3O4S. The second-order valence-corrected chi connectivity index (χ2v) is 3.23. The van der Waals surface area contributed by atoms with Crippen LogP contribution in [0.25, 0.3) is 0 Å². The second-order valence-electron chi connectivity index (χ2n) is 3.05. The van der Waals surface area contributed by atoms with Crippen LogP contribution in [0.1, 0.15) is 5.56 Å². The molecule has 1 aromatic rings. The van der Waals surface area contributed by atoms with E-state index in [2.05, 4.69) is 22.4 Å². The quantitative estimate of drug-likeness (QED) is 0.346. The normalized spacial score (nSPS) is 9.41. The van der Waals surface area contributed by atoms with Crippen molar-refractivity contribution in [2.24, 2.45) is 4.99 Å². The van der Waals surface area contributed by atoms with Gasteiger partial charge in [-0.25, -0.2) is 4.99 Å². The third-order valence-electron chi connectivity index (χ3n) is 2.03. The van der Waals surface area contributed by atoms with E-state index in [-0.39, 0.29) is 24.3 Å². The summed E-state index contributed by atoms with van der Waals surface area (Å²) in [7, 11) is 0. The number of thiocarbonyl (C=S) groups is 1. The molecule has 88 valence electrons. The minimum atomic E-state index is -0.675. The van der Waals surface area contributed by atoms with Gasteiger partial charge in [-0.3, -0.25) is 20.2 Å². The Balaban J connectivity index is 3.08. The molecule has 0 N–H and O–H groups in total. The second kappa shape index (κ2) is 5.78. The predicted molar refractivity (Wildman–Crippen MR) is 63.3 cm³/mol. The molecule has 0 aliphatic carbocycles. The summed E-state index contributed by atoms with van der Waals surface area (Å²) in [5, 5.41) is 23.4. The highest BCUT2D eigenvalue weighted by molar-refractivity contribution is 7.78. The number of nitrogens with zero attached hydrogens (tertiary/aromatic N) is 3. The molecule has 0 atom stereocenters. The van der Waals surface area contributed by atoms with Crippen molar-refractivity contribution < 1.29 is 9.85 Å². The lowest BCUT2D eigenvalue weighted by Crippen LogP contribution is -1.99. The summed E-state index contributed by atoms with van der Waals surface area (Å²) >= 11 is 4.37. The smallest absolute Gasteiger partial charge is 0.258 e. The maximum absolute atomic E-state index is 10.7. The number of non-ortho nitro benzene ring substituents is 1. The average Bonchev–Trinajstić information content (AvgIpc) is 2.29. The van der Waals surface area contributed by atoms with E-state index in [9.17, 15) is 20.2 Å². The van der Waals surface area contributed by atoms with Gasteiger partial charge in [0.1, 0.15) is 0 Å². The Kier molecular flexibility index (Phi) is 4.38. The van der Waals surface area contributed by atoms with Crippen molar-refractivity contribution in [1.82, 2.24) is 0 Å². The van der Waals surface area contributed by atoms with Gasteiger partial charge in [0.2, 0.25) is 0 Å². The van der Waals surface area contributed by atoms with Crippen LogP contribution in [0.15, 0.2) is 23.2 Å². The predicted octanol–water partition coefficient (Wildman–Crippen LogP) is 2.15. The number of nitro groups is 2. The first-order valence-corrected chi connectivity index (χ1v) is 4.92. The number of hydrogen-bond acceptors (Lipinski definition) is 6. The van der Waals surface area contributed by atoms with Crippen LogP contribution >= 0.6 is 12.2 Å². The summed E-state index contributed by atoms with van der Waals surface area (Å²) < 4.78 is 0. The monoisotopic (exact) mass is 253 g/mol. The van der Waals surface area contributed by atoms with E-state index in [1.54, 1.807) is 0 Å². The number of nitro benzene ring substituents is 2. The molecule has 0 radical (unpaired) electrons. The maximum Gasteiger partial charge on any atom is 0.279 e. The molecule has 8 heteroatoms. The van der Waals surface area contributed by atoms with Crippen molar-refractivity contribution in [3.05, 3.63) is 44.0 Å². The van der Waals surface area contributed by atoms with Crippen LogP contribution in [0, 0.1) is 20.2 Å². The molecule has 1 rings (SSSR count). The first-order chi connectivity index (χ1) is 8.06. The third-order valence-corrected chi connectivity index (χ3v) is 2.16. The Morgan fingerprint density at radius 1 is 1.29 bits per heavy atom. The molecule has 0 fully saturated rings. The minimum Gasteiger partial charge on any atom is -0.258 e. The van der Waals surface area contributed by atoms with Crippen LogP contribution in [0.5, 0.6) is 0 Å². The molecule has 0 saturated carbocycles. The number of aliphatic imine (C=N–C) groups is 1. The summed E-state index contributed by atoms with van der Waals surface area (Å²) in [6.07, 6.45) is 0.290. The Hall–Kier alpha value is -2.18. The highest BCUT2D eigenvalue weighted by Gasteiger charge is 2.18. The van der Waals surface area contributed by atoms with Crippen molar-refractivity contribution in [3.8, 4) is 0 Å². The van der Waals surface area contributed by atoms with Gasteiger partial charge in [0, 0.05) is 11.6 Å². The highest BCUT2D eigenvalue weighted by atomic mass is 32.1. The largest absolute Gasteiger partial charge is 0.279 e. The Morgan fingerprint density at radius 2 is 2.00 bits per heavy atom. The topological polar surface area (TPSA) is 98.6 Å². The van der Waals surface area contributed by atoms with E-state index >= 15 is 0 Å². The number of isothiocyanates is 1. The molecule has 0 aliphatic heterocycles. The van der Waals surface area contributed by atoms with Crippen molar-refractivity contribution in [3.63, 3.8) is 0 Å². The van der Waals surface area contributed by atoms with E-state index in [1.165, 1.54) is 12.1 Å². The lowest BCUT2D eigenvalue weighted by atomic mass is 10.1. The summed E-state index contributed by atoms with van der Waals surface area (Å²) in [6.45, 7) is 0.266. The summed E-state index contributed by atoms with van der Waals surface area (Å²) in [6, 6.07) is 3.52. The standard InChI is InChI=1S/C9H7N3O4S/c13-11(14)8-2-1-7(3-4-10-6-17)9(5-8)12(15)16/h1-2,5H,3-4H2. The van der Waals surface area contributed by atoms with Crippen molar-refractivity contribution in [1.29, 1.82) is 0 Å². The van der Waals surface area contributed by atoms with Crippen molar-refractivity contribution >= 4 is 28.8 Å². The zero-order chi connectivity index (χ0) is 12.8. The molecule has 0 unspecified atom stereocenters. The van der Waals surface area contributed by atoms with Crippen LogP contribution in [-0.2, 0) is 6.42 Å². The van der Waals surface area contributed by atoms with E-state index in [0.29, 0.717) is 5.56 Å². The molecule has 0 saturated heterocycles. The van der Waals surface area contributed by atoms with Gasteiger partial charge in [0.15, 0.2) is 0 Å². The van der Waals surface area contributed by atoms with Crippen LogP contribution in [0.3, 0.4) is 0 Å². The van der Waals surface area contributed by atoms with Gasteiger partial charge in [-0.15, -0.1) is 0 Å². The Labute approximate surface area is 101 Å². The lowest BCUT2D eigenvalue weighted by Gasteiger charge is -2.00. The number of hydrogen-bond donors (Lipinski definition) is 0. The molecule has 7 nitrogen and oxygen atoms in total. The fourth-order valence-corrected chi connectivity index (χ4v) is 1.36. The fraction of sp³-hybridized carbons (Fsp3) is 0.222. The molecule has 0 spiro atoms. The van der Waals surface area contributed by atoms with E-state index in [4.69, 9.17) is 0 Å². The van der Waals surface area contributed by atoms with E-state index in [0.717, 1.165) is 6.07 Å². The molecular weight excluding hydrogens is 246 g/mol. The number of rotatable bonds is 5. The maximum atomic E-state index is 10.7. The summed E-state index contributed by atoms with van der Waals surface area (Å²) in [5.41, 5.74) is -0.202. The molecule has 0 aromatic heterocycles. The molecule has 0 heterocycles. The molecule has 0 aliphatic rings. The Morgan fingerprint density at radius 3 is 2.53 bits per heavy atom. The first-order valence-electron chi connectivity index (χ1n) is 4.51. The fourth-order valence-electron chi connectivity index (χ4n) is 1.27. The molecule has 0 amide bonds. The van der Waals surface area contributed by atoms with Crippen LogP contribution < -0.4 is 0 Å². The van der Waals surface area contributed by atoms with Gasteiger partial charge in [-0.2, -0.15) is 0 Å². The van der Waals surface area contributed by atoms with E-state index < -0.39 is 9.85 Å². The zero-order valence-corrected chi connectivity index (χ0v) is 9.35. The zero-order valence-electron chi connectivity index (χ0n) is 8.53. The SMILES string of the molecule is O=[N+]([O-])c1ccc(CCN=C=S)c([N+](=O)[O-])c1.